The van der Waals surface area contributed by atoms with Crippen molar-refractivity contribution in [1.82, 2.24) is 5.32 Å². The highest BCUT2D eigenvalue weighted by atomic mass is 16.4. The molecule has 0 rings (SSSR count). The average Bonchev–Trinajstić information content (AvgIpc) is 2.24. The van der Waals surface area contributed by atoms with Gasteiger partial charge in [0.25, 0.3) is 0 Å². The van der Waals surface area contributed by atoms with Crippen LogP contribution in [0.4, 0.5) is 0 Å². The molecule has 0 aromatic rings. The number of unbranched alkanes of at least 4 members (excludes halogenated alkanes) is 4. The van der Waals surface area contributed by atoms with Gasteiger partial charge in [-0.3, -0.25) is 4.79 Å². The Labute approximate surface area is 99.6 Å². The van der Waals surface area contributed by atoms with Gasteiger partial charge in [0.05, 0.1) is 6.42 Å². The molecule has 0 radical (unpaired) electrons. The van der Waals surface area contributed by atoms with E-state index in [1.165, 1.54) is 25.7 Å². The zero-order chi connectivity index (χ0) is 12.2. The molecule has 0 amide bonds. The van der Waals surface area contributed by atoms with Crippen molar-refractivity contribution in [2.75, 3.05) is 6.54 Å². The summed E-state index contributed by atoms with van der Waals surface area (Å²) in [5, 5.41) is 12.1. The molecule has 3 nitrogen and oxygen atoms in total. The van der Waals surface area contributed by atoms with Crippen LogP contribution in [0.2, 0.25) is 0 Å². The van der Waals surface area contributed by atoms with Crippen molar-refractivity contribution < 1.29 is 9.90 Å². The fraction of sp³-hybridized carbons (Fsp3) is 0.923. The van der Waals surface area contributed by atoms with Gasteiger partial charge in [-0.2, -0.15) is 0 Å². The smallest absolute Gasteiger partial charge is 0.304 e. The predicted octanol–water partition coefficient (Wildman–Crippen LogP) is 3.19. The quantitative estimate of drug-likeness (QED) is 0.535. The van der Waals surface area contributed by atoms with Crippen molar-refractivity contribution in [1.29, 1.82) is 0 Å². The highest BCUT2D eigenvalue weighted by Gasteiger charge is 2.11. The van der Waals surface area contributed by atoms with E-state index >= 15 is 0 Å². The van der Waals surface area contributed by atoms with Gasteiger partial charge in [0, 0.05) is 6.04 Å². The van der Waals surface area contributed by atoms with Crippen molar-refractivity contribution >= 4 is 5.97 Å². The summed E-state index contributed by atoms with van der Waals surface area (Å²) in [6, 6.07) is 0.166. The monoisotopic (exact) mass is 229 g/mol. The molecule has 0 aliphatic heterocycles. The molecule has 0 spiro atoms. The minimum absolute atomic E-state index is 0.166. The fourth-order valence-corrected chi connectivity index (χ4v) is 1.83. The van der Waals surface area contributed by atoms with E-state index in [0.29, 0.717) is 0 Å². The Bertz CT molecular complexity index is 171. The largest absolute Gasteiger partial charge is 0.481 e. The third-order valence-corrected chi connectivity index (χ3v) is 2.76. The number of hydrogen-bond acceptors (Lipinski definition) is 2. The lowest BCUT2D eigenvalue weighted by Gasteiger charge is -2.16. The molecule has 1 unspecified atom stereocenters. The standard InChI is InChI=1S/C13H27NO2/c1-3-5-6-7-8-9-12(11-13(15)16)14-10-4-2/h12,14H,3-11H2,1-2H3,(H,15,16). The Morgan fingerprint density at radius 2 is 1.81 bits per heavy atom. The van der Waals surface area contributed by atoms with Crippen LogP contribution in [-0.4, -0.2) is 23.7 Å². The van der Waals surface area contributed by atoms with E-state index in [9.17, 15) is 4.79 Å². The number of carboxylic acids is 1. The Kier molecular flexibility index (Phi) is 10.5. The Morgan fingerprint density at radius 1 is 1.12 bits per heavy atom. The van der Waals surface area contributed by atoms with Gasteiger partial charge < -0.3 is 10.4 Å². The minimum Gasteiger partial charge on any atom is -0.481 e. The van der Waals surface area contributed by atoms with Gasteiger partial charge in [-0.25, -0.2) is 0 Å². The third kappa shape index (κ3) is 9.97. The summed E-state index contributed by atoms with van der Waals surface area (Å²) in [5.41, 5.74) is 0. The second-order valence-electron chi connectivity index (χ2n) is 4.45. The maximum absolute atomic E-state index is 10.7. The molecule has 0 saturated heterocycles. The van der Waals surface area contributed by atoms with Crippen molar-refractivity contribution in [2.24, 2.45) is 0 Å². The van der Waals surface area contributed by atoms with E-state index in [1.54, 1.807) is 0 Å². The van der Waals surface area contributed by atoms with E-state index in [2.05, 4.69) is 19.2 Å². The van der Waals surface area contributed by atoms with Crippen molar-refractivity contribution in [3.05, 3.63) is 0 Å². The molecule has 0 saturated carbocycles. The van der Waals surface area contributed by atoms with E-state index in [-0.39, 0.29) is 12.5 Å². The molecule has 96 valence electrons. The molecular formula is C13H27NO2. The molecule has 1 atom stereocenters. The maximum atomic E-state index is 10.7. The van der Waals surface area contributed by atoms with Crippen LogP contribution in [0.3, 0.4) is 0 Å². The summed E-state index contributed by atoms with van der Waals surface area (Å²) in [6.45, 7) is 5.23. The number of aliphatic carboxylic acids is 1. The lowest BCUT2D eigenvalue weighted by Crippen LogP contribution is -2.32. The molecule has 3 heteroatoms. The lowest BCUT2D eigenvalue weighted by atomic mass is 10.0. The van der Waals surface area contributed by atoms with Crippen molar-refractivity contribution in [3.63, 3.8) is 0 Å². The van der Waals surface area contributed by atoms with Crippen LogP contribution in [0.5, 0.6) is 0 Å². The van der Waals surface area contributed by atoms with Crippen LogP contribution < -0.4 is 5.32 Å². The predicted molar refractivity (Wildman–Crippen MR) is 67.7 cm³/mol. The third-order valence-electron chi connectivity index (χ3n) is 2.76. The number of carboxylic acid groups (broad SMARTS) is 1. The molecular weight excluding hydrogens is 202 g/mol. The van der Waals surface area contributed by atoms with Gasteiger partial charge >= 0.3 is 5.97 Å². The highest BCUT2D eigenvalue weighted by molar-refractivity contribution is 5.67. The zero-order valence-corrected chi connectivity index (χ0v) is 10.8. The summed E-state index contributed by atoms with van der Waals surface area (Å²) in [4.78, 5) is 10.7. The average molecular weight is 229 g/mol. The van der Waals surface area contributed by atoms with Gasteiger partial charge in [0.15, 0.2) is 0 Å². The van der Waals surface area contributed by atoms with Crippen LogP contribution in [0, 0.1) is 0 Å². The van der Waals surface area contributed by atoms with Crippen LogP contribution in [0.25, 0.3) is 0 Å². The second kappa shape index (κ2) is 10.9. The molecule has 0 aliphatic carbocycles. The molecule has 2 N–H and O–H groups in total. The molecule has 0 aliphatic rings. The van der Waals surface area contributed by atoms with Gasteiger partial charge in [-0.15, -0.1) is 0 Å². The van der Waals surface area contributed by atoms with Gasteiger partial charge in [-0.05, 0) is 19.4 Å². The summed E-state index contributed by atoms with van der Waals surface area (Å²) in [5.74, 6) is -0.692. The summed E-state index contributed by atoms with van der Waals surface area (Å²) in [7, 11) is 0. The molecule has 0 aromatic carbocycles. The van der Waals surface area contributed by atoms with E-state index < -0.39 is 5.97 Å². The number of rotatable bonds is 11. The Hall–Kier alpha value is -0.570. The zero-order valence-electron chi connectivity index (χ0n) is 10.8. The summed E-state index contributed by atoms with van der Waals surface area (Å²) < 4.78 is 0. The summed E-state index contributed by atoms with van der Waals surface area (Å²) >= 11 is 0. The molecule has 0 aromatic heterocycles. The van der Waals surface area contributed by atoms with E-state index in [1.807, 2.05) is 0 Å². The van der Waals surface area contributed by atoms with E-state index in [0.717, 1.165) is 25.8 Å². The fourth-order valence-electron chi connectivity index (χ4n) is 1.83. The molecule has 0 heterocycles. The van der Waals surface area contributed by atoms with Gasteiger partial charge in [0.2, 0.25) is 0 Å². The number of nitrogens with one attached hydrogen (secondary N) is 1. The first-order chi connectivity index (χ1) is 7.70. The number of hydrogen-bond donors (Lipinski definition) is 2. The molecule has 0 bridgehead atoms. The SMILES string of the molecule is CCCCCCCC(CC(=O)O)NCCC. The minimum atomic E-state index is -0.692. The van der Waals surface area contributed by atoms with Crippen LogP contribution in [-0.2, 0) is 4.79 Å². The molecule has 0 fully saturated rings. The Morgan fingerprint density at radius 3 is 2.38 bits per heavy atom. The normalized spacial score (nSPS) is 12.6. The van der Waals surface area contributed by atoms with Crippen molar-refractivity contribution in [2.45, 2.75) is 71.3 Å². The van der Waals surface area contributed by atoms with E-state index in [4.69, 9.17) is 5.11 Å². The molecule has 16 heavy (non-hydrogen) atoms. The van der Waals surface area contributed by atoms with Gasteiger partial charge in [-0.1, -0.05) is 46.0 Å². The highest BCUT2D eigenvalue weighted by Crippen LogP contribution is 2.09. The number of carbonyl (C=O) groups is 1. The maximum Gasteiger partial charge on any atom is 0.304 e. The first-order valence-electron chi connectivity index (χ1n) is 6.65. The second-order valence-corrected chi connectivity index (χ2v) is 4.45. The first-order valence-corrected chi connectivity index (χ1v) is 6.65. The van der Waals surface area contributed by atoms with Gasteiger partial charge in [0.1, 0.15) is 0 Å². The summed E-state index contributed by atoms with van der Waals surface area (Å²) in [6.07, 6.45) is 8.53. The lowest BCUT2D eigenvalue weighted by molar-refractivity contribution is -0.137. The van der Waals surface area contributed by atoms with Crippen LogP contribution in [0.1, 0.15) is 65.2 Å². The Balaban J connectivity index is 3.60. The topological polar surface area (TPSA) is 49.3 Å². The van der Waals surface area contributed by atoms with Crippen molar-refractivity contribution in [3.8, 4) is 0 Å². The van der Waals surface area contributed by atoms with Crippen LogP contribution in [0.15, 0.2) is 0 Å². The van der Waals surface area contributed by atoms with Crippen LogP contribution >= 0.6 is 0 Å². The first kappa shape index (κ1) is 15.4.